The van der Waals surface area contributed by atoms with Gasteiger partial charge in [-0.15, -0.1) is 0 Å². The zero-order chi connectivity index (χ0) is 21.6. The number of benzene rings is 2. The average molecular weight is 420 g/mol. The van der Waals surface area contributed by atoms with Crippen molar-refractivity contribution < 1.29 is 9.59 Å². The topological polar surface area (TPSA) is 52.7 Å². The second-order valence-electron chi connectivity index (χ2n) is 8.92. The highest BCUT2D eigenvalue weighted by molar-refractivity contribution is 6.04. The normalized spacial score (nSPS) is 18.0. The Bertz CT molecular complexity index is 895. The van der Waals surface area contributed by atoms with E-state index in [1.54, 1.807) is 0 Å². The molecule has 4 rings (SSSR count). The Morgan fingerprint density at radius 1 is 0.903 bits per heavy atom. The number of para-hydroxylation sites is 1. The highest BCUT2D eigenvalue weighted by Gasteiger charge is 2.27. The first-order valence-electron chi connectivity index (χ1n) is 11.6. The van der Waals surface area contributed by atoms with Gasteiger partial charge < -0.3 is 10.2 Å². The monoisotopic (exact) mass is 419 g/mol. The van der Waals surface area contributed by atoms with Crippen LogP contribution in [0.15, 0.2) is 48.5 Å². The average Bonchev–Trinajstić information content (AvgIpc) is 2.81. The van der Waals surface area contributed by atoms with Crippen LogP contribution in [0.3, 0.4) is 0 Å². The molecule has 0 radical (unpaired) electrons. The lowest BCUT2D eigenvalue weighted by Gasteiger charge is -2.31. The van der Waals surface area contributed by atoms with Gasteiger partial charge in [0.25, 0.3) is 5.91 Å². The van der Waals surface area contributed by atoms with E-state index in [-0.39, 0.29) is 17.7 Å². The molecule has 2 aromatic rings. The van der Waals surface area contributed by atoms with Crippen molar-refractivity contribution in [2.75, 3.05) is 31.5 Å². The number of hydrogen-bond donors (Lipinski definition) is 1. The molecule has 31 heavy (non-hydrogen) atoms. The van der Waals surface area contributed by atoms with E-state index < -0.39 is 0 Å². The van der Waals surface area contributed by atoms with E-state index in [9.17, 15) is 9.59 Å². The molecule has 5 heteroatoms. The SMILES string of the molecule is Cc1ccc(CN2CCC(C(=O)Nc3ccccc3C(=O)N3CCCCC3)CC2)cc1. The standard InChI is InChI=1S/C26H33N3O2/c1-20-9-11-21(12-10-20)19-28-17-13-22(14-18-28)25(30)27-24-8-4-3-7-23(24)26(31)29-15-5-2-6-16-29/h3-4,7-12,22H,2,5-6,13-19H2,1H3,(H,27,30). The first kappa shape index (κ1) is 21.6. The number of amides is 2. The lowest BCUT2D eigenvalue weighted by atomic mass is 9.95. The summed E-state index contributed by atoms with van der Waals surface area (Å²) >= 11 is 0. The summed E-state index contributed by atoms with van der Waals surface area (Å²) in [6.45, 7) is 6.48. The van der Waals surface area contributed by atoms with Gasteiger partial charge >= 0.3 is 0 Å². The number of rotatable bonds is 5. The van der Waals surface area contributed by atoms with Crippen LogP contribution in [0, 0.1) is 12.8 Å². The second kappa shape index (κ2) is 10.1. The summed E-state index contributed by atoms with van der Waals surface area (Å²) in [6.07, 6.45) is 4.99. The zero-order valence-electron chi connectivity index (χ0n) is 18.5. The number of carbonyl (C=O) groups is 2. The predicted octanol–water partition coefficient (Wildman–Crippen LogP) is 4.47. The predicted molar refractivity (Wildman–Crippen MR) is 124 cm³/mol. The summed E-state index contributed by atoms with van der Waals surface area (Å²) in [5, 5.41) is 3.07. The number of likely N-dealkylation sites (tertiary alicyclic amines) is 2. The minimum atomic E-state index is -0.00703. The fourth-order valence-electron chi connectivity index (χ4n) is 4.59. The Hall–Kier alpha value is -2.66. The number of nitrogens with zero attached hydrogens (tertiary/aromatic N) is 2. The van der Waals surface area contributed by atoms with Gasteiger partial charge in [-0.25, -0.2) is 0 Å². The van der Waals surface area contributed by atoms with Crippen molar-refractivity contribution in [2.24, 2.45) is 5.92 Å². The number of hydrogen-bond acceptors (Lipinski definition) is 3. The molecule has 2 heterocycles. The van der Waals surface area contributed by atoms with Crippen LogP contribution in [0.25, 0.3) is 0 Å². The van der Waals surface area contributed by atoms with Crippen molar-refractivity contribution in [1.29, 1.82) is 0 Å². The third-order valence-corrected chi connectivity index (χ3v) is 6.54. The van der Waals surface area contributed by atoms with Crippen LogP contribution in [0.1, 0.15) is 53.6 Å². The molecular weight excluding hydrogens is 386 g/mol. The van der Waals surface area contributed by atoms with Gasteiger partial charge in [0.05, 0.1) is 11.3 Å². The molecule has 0 aromatic heterocycles. The number of carbonyl (C=O) groups excluding carboxylic acids is 2. The van der Waals surface area contributed by atoms with Crippen molar-refractivity contribution in [3.63, 3.8) is 0 Å². The third-order valence-electron chi connectivity index (χ3n) is 6.54. The molecule has 2 fully saturated rings. The Kier molecular flexibility index (Phi) is 7.03. The number of aryl methyl sites for hydroxylation is 1. The third kappa shape index (κ3) is 5.53. The fraction of sp³-hybridized carbons (Fsp3) is 0.462. The molecule has 0 bridgehead atoms. The van der Waals surface area contributed by atoms with Crippen molar-refractivity contribution in [3.8, 4) is 0 Å². The lowest BCUT2D eigenvalue weighted by molar-refractivity contribution is -0.121. The van der Waals surface area contributed by atoms with Crippen LogP contribution in [0.5, 0.6) is 0 Å². The molecule has 2 amide bonds. The van der Waals surface area contributed by atoms with Crippen molar-refractivity contribution in [1.82, 2.24) is 9.80 Å². The van der Waals surface area contributed by atoms with Crippen molar-refractivity contribution in [3.05, 3.63) is 65.2 Å². The van der Waals surface area contributed by atoms with E-state index in [1.807, 2.05) is 29.2 Å². The summed E-state index contributed by atoms with van der Waals surface area (Å²) in [4.78, 5) is 30.3. The molecule has 1 N–H and O–H groups in total. The molecule has 2 aromatic carbocycles. The Labute approximate surface area is 185 Å². The summed E-state index contributed by atoms with van der Waals surface area (Å²) < 4.78 is 0. The highest BCUT2D eigenvalue weighted by Crippen LogP contribution is 2.24. The summed E-state index contributed by atoms with van der Waals surface area (Å²) in [6, 6.07) is 16.1. The van der Waals surface area contributed by atoms with Crippen LogP contribution >= 0.6 is 0 Å². The largest absolute Gasteiger partial charge is 0.339 e. The number of anilines is 1. The minimum absolute atomic E-state index is 0.00703. The van der Waals surface area contributed by atoms with Gasteiger partial charge in [0, 0.05) is 25.6 Å². The van der Waals surface area contributed by atoms with Crippen LogP contribution in [-0.2, 0) is 11.3 Å². The first-order chi connectivity index (χ1) is 15.1. The molecule has 5 nitrogen and oxygen atoms in total. The number of piperidine rings is 2. The summed E-state index contributed by atoms with van der Waals surface area (Å²) in [5.41, 5.74) is 3.84. The van der Waals surface area contributed by atoms with Gasteiger partial charge in [-0.05, 0) is 69.8 Å². The smallest absolute Gasteiger partial charge is 0.255 e. The molecule has 2 saturated heterocycles. The van der Waals surface area contributed by atoms with E-state index in [0.717, 1.165) is 58.4 Å². The quantitative estimate of drug-likeness (QED) is 0.778. The number of nitrogens with one attached hydrogen (secondary N) is 1. The lowest BCUT2D eigenvalue weighted by Crippen LogP contribution is -2.38. The van der Waals surface area contributed by atoms with E-state index >= 15 is 0 Å². The Morgan fingerprint density at radius 2 is 1.58 bits per heavy atom. The minimum Gasteiger partial charge on any atom is -0.339 e. The van der Waals surface area contributed by atoms with Gasteiger partial charge in [0.2, 0.25) is 5.91 Å². The maximum atomic E-state index is 13.0. The van der Waals surface area contributed by atoms with Crippen molar-refractivity contribution in [2.45, 2.75) is 45.6 Å². The Morgan fingerprint density at radius 3 is 2.29 bits per heavy atom. The molecule has 0 saturated carbocycles. The van der Waals surface area contributed by atoms with Gasteiger partial charge in [-0.2, -0.15) is 0 Å². The second-order valence-corrected chi connectivity index (χ2v) is 8.92. The highest BCUT2D eigenvalue weighted by atomic mass is 16.2. The molecule has 0 aliphatic carbocycles. The van der Waals surface area contributed by atoms with E-state index in [2.05, 4.69) is 41.4 Å². The fourth-order valence-corrected chi connectivity index (χ4v) is 4.59. The first-order valence-corrected chi connectivity index (χ1v) is 11.6. The van der Waals surface area contributed by atoms with Gasteiger partial charge in [0.1, 0.15) is 0 Å². The van der Waals surface area contributed by atoms with Crippen LogP contribution < -0.4 is 5.32 Å². The van der Waals surface area contributed by atoms with E-state index in [0.29, 0.717) is 11.3 Å². The molecule has 164 valence electrons. The van der Waals surface area contributed by atoms with Crippen LogP contribution in [0.4, 0.5) is 5.69 Å². The van der Waals surface area contributed by atoms with Gasteiger partial charge in [-0.3, -0.25) is 14.5 Å². The summed E-state index contributed by atoms with van der Waals surface area (Å²) in [5.74, 6) is 0.0600. The maximum Gasteiger partial charge on any atom is 0.255 e. The van der Waals surface area contributed by atoms with Gasteiger partial charge in [0.15, 0.2) is 0 Å². The van der Waals surface area contributed by atoms with E-state index in [4.69, 9.17) is 0 Å². The molecule has 0 spiro atoms. The van der Waals surface area contributed by atoms with E-state index in [1.165, 1.54) is 17.5 Å². The molecule has 2 aliphatic heterocycles. The molecule has 0 atom stereocenters. The Balaban J connectivity index is 1.33. The zero-order valence-corrected chi connectivity index (χ0v) is 18.5. The molecular formula is C26H33N3O2. The van der Waals surface area contributed by atoms with Crippen molar-refractivity contribution >= 4 is 17.5 Å². The summed E-state index contributed by atoms with van der Waals surface area (Å²) in [7, 11) is 0. The molecule has 2 aliphatic rings. The molecule has 0 unspecified atom stereocenters. The van der Waals surface area contributed by atoms with Crippen LogP contribution in [-0.4, -0.2) is 47.8 Å². The van der Waals surface area contributed by atoms with Crippen LogP contribution in [0.2, 0.25) is 0 Å². The van der Waals surface area contributed by atoms with Gasteiger partial charge in [-0.1, -0.05) is 42.0 Å². The maximum absolute atomic E-state index is 13.0.